The van der Waals surface area contributed by atoms with E-state index in [1.807, 2.05) is 32.0 Å². The summed E-state index contributed by atoms with van der Waals surface area (Å²) in [6, 6.07) is 10.1. The number of aromatic nitrogens is 1. The first kappa shape index (κ1) is 15.2. The van der Waals surface area contributed by atoms with Gasteiger partial charge in [0.2, 0.25) is 5.91 Å². The van der Waals surface area contributed by atoms with Crippen LogP contribution in [0.15, 0.2) is 30.3 Å². The molecule has 1 aliphatic rings. The lowest BCUT2D eigenvalue weighted by Crippen LogP contribution is -2.35. The number of nitrogens with one attached hydrogen (secondary N) is 1. The van der Waals surface area contributed by atoms with E-state index in [-0.39, 0.29) is 18.1 Å². The second-order valence-corrected chi connectivity index (χ2v) is 6.60. The average molecular weight is 316 g/mol. The maximum Gasteiger partial charge on any atom is 0.249 e. The molecule has 1 N–H and O–H groups in total. The number of ether oxygens (including phenoxy) is 1. The summed E-state index contributed by atoms with van der Waals surface area (Å²) in [7, 11) is 0. The molecule has 0 bridgehead atoms. The minimum Gasteiger partial charge on any atom is -0.368 e. The number of amides is 1. The number of thiazole rings is 1. The Morgan fingerprint density at radius 2 is 2.18 bits per heavy atom. The van der Waals surface area contributed by atoms with Crippen molar-refractivity contribution in [3.05, 3.63) is 40.9 Å². The van der Waals surface area contributed by atoms with E-state index in [0.29, 0.717) is 6.61 Å². The molecule has 0 saturated carbocycles. The second-order valence-electron chi connectivity index (χ2n) is 5.57. The first-order chi connectivity index (χ1) is 10.6. The highest BCUT2D eigenvalue weighted by Gasteiger charge is 2.26. The zero-order valence-corrected chi connectivity index (χ0v) is 13.7. The molecule has 2 unspecified atom stereocenters. The monoisotopic (exact) mass is 316 g/mol. The van der Waals surface area contributed by atoms with Gasteiger partial charge in [-0.1, -0.05) is 30.3 Å². The van der Waals surface area contributed by atoms with Gasteiger partial charge in [0, 0.05) is 12.2 Å². The maximum atomic E-state index is 12.2. The number of benzene rings is 1. The molecule has 1 aliphatic heterocycles. The van der Waals surface area contributed by atoms with Crippen LogP contribution in [0.5, 0.6) is 0 Å². The van der Waals surface area contributed by atoms with Gasteiger partial charge in [-0.05, 0) is 26.7 Å². The van der Waals surface area contributed by atoms with Crippen molar-refractivity contribution in [2.45, 2.75) is 38.8 Å². The molecule has 116 valence electrons. The number of carbonyl (C=O) groups excluding carboxylic acids is 1. The Labute approximate surface area is 134 Å². The Kier molecular flexibility index (Phi) is 4.55. The molecule has 1 aromatic carbocycles. The third-order valence-corrected chi connectivity index (χ3v) is 5.22. The summed E-state index contributed by atoms with van der Waals surface area (Å²) >= 11 is 1.64. The van der Waals surface area contributed by atoms with E-state index in [2.05, 4.69) is 22.4 Å². The van der Waals surface area contributed by atoms with Gasteiger partial charge in [-0.25, -0.2) is 4.98 Å². The van der Waals surface area contributed by atoms with Crippen LogP contribution >= 0.6 is 11.3 Å². The van der Waals surface area contributed by atoms with Crippen LogP contribution in [0.4, 0.5) is 0 Å². The molecule has 4 nitrogen and oxygen atoms in total. The van der Waals surface area contributed by atoms with Crippen molar-refractivity contribution in [1.82, 2.24) is 10.3 Å². The standard InChI is InChI=1S/C17H20N2O2S/c1-11(18-16(20)14-9-6-10-21-14)15-12(2)19-17(22-15)13-7-4-3-5-8-13/h3-5,7-8,11,14H,6,9-10H2,1-2H3,(H,18,20). The summed E-state index contributed by atoms with van der Waals surface area (Å²) in [6.07, 6.45) is 1.49. The van der Waals surface area contributed by atoms with Crippen LogP contribution in [0.25, 0.3) is 10.6 Å². The van der Waals surface area contributed by atoms with Gasteiger partial charge in [-0.3, -0.25) is 4.79 Å². The summed E-state index contributed by atoms with van der Waals surface area (Å²) in [6.45, 7) is 4.68. The highest BCUT2D eigenvalue weighted by Crippen LogP contribution is 2.31. The van der Waals surface area contributed by atoms with Gasteiger partial charge in [0.05, 0.1) is 16.6 Å². The highest BCUT2D eigenvalue weighted by atomic mass is 32.1. The zero-order chi connectivity index (χ0) is 15.5. The number of nitrogens with zero attached hydrogens (tertiary/aromatic N) is 1. The lowest BCUT2D eigenvalue weighted by Gasteiger charge is -2.16. The Balaban J connectivity index is 1.74. The first-order valence-corrected chi connectivity index (χ1v) is 8.41. The average Bonchev–Trinajstić information content (AvgIpc) is 3.17. The number of hydrogen-bond acceptors (Lipinski definition) is 4. The summed E-state index contributed by atoms with van der Waals surface area (Å²) in [4.78, 5) is 17.9. The van der Waals surface area contributed by atoms with Gasteiger partial charge in [-0.15, -0.1) is 11.3 Å². The molecular formula is C17H20N2O2S. The first-order valence-electron chi connectivity index (χ1n) is 7.60. The summed E-state index contributed by atoms with van der Waals surface area (Å²) in [5.41, 5.74) is 2.09. The van der Waals surface area contributed by atoms with E-state index < -0.39 is 0 Å². The molecule has 0 radical (unpaired) electrons. The van der Waals surface area contributed by atoms with Crippen molar-refractivity contribution in [2.75, 3.05) is 6.61 Å². The molecule has 2 atom stereocenters. The Morgan fingerprint density at radius 3 is 2.86 bits per heavy atom. The number of aryl methyl sites for hydroxylation is 1. The minimum absolute atomic E-state index is 0.0148. The quantitative estimate of drug-likeness (QED) is 0.939. The van der Waals surface area contributed by atoms with Crippen molar-refractivity contribution in [3.63, 3.8) is 0 Å². The summed E-state index contributed by atoms with van der Waals surface area (Å²) in [5.74, 6) is -0.0148. The van der Waals surface area contributed by atoms with Crippen LogP contribution in [0, 0.1) is 6.92 Å². The molecule has 2 aromatic rings. The number of rotatable bonds is 4. The molecule has 1 aromatic heterocycles. The Bertz CT molecular complexity index is 648. The largest absolute Gasteiger partial charge is 0.368 e. The predicted octanol–water partition coefficient (Wildman–Crippen LogP) is 3.47. The Hall–Kier alpha value is -1.72. The lowest BCUT2D eigenvalue weighted by atomic mass is 10.2. The zero-order valence-electron chi connectivity index (χ0n) is 12.8. The van der Waals surface area contributed by atoms with E-state index in [4.69, 9.17) is 4.74 Å². The number of carbonyl (C=O) groups is 1. The van der Waals surface area contributed by atoms with E-state index in [1.165, 1.54) is 0 Å². The molecule has 0 aliphatic carbocycles. The fourth-order valence-corrected chi connectivity index (χ4v) is 3.74. The molecule has 3 rings (SSSR count). The molecule has 1 fully saturated rings. The van der Waals surface area contributed by atoms with Gasteiger partial charge in [0.1, 0.15) is 11.1 Å². The van der Waals surface area contributed by atoms with E-state index >= 15 is 0 Å². The predicted molar refractivity (Wildman–Crippen MR) is 87.8 cm³/mol. The molecular weight excluding hydrogens is 296 g/mol. The van der Waals surface area contributed by atoms with Gasteiger partial charge in [0.15, 0.2) is 0 Å². The third kappa shape index (κ3) is 3.20. The molecule has 5 heteroatoms. The fraction of sp³-hybridized carbons (Fsp3) is 0.412. The van der Waals surface area contributed by atoms with Crippen LogP contribution in [-0.2, 0) is 9.53 Å². The SMILES string of the molecule is Cc1nc(-c2ccccc2)sc1C(C)NC(=O)C1CCCO1. The van der Waals surface area contributed by atoms with Crippen molar-refractivity contribution in [2.24, 2.45) is 0 Å². The molecule has 22 heavy (non-hydrogen) atoms. The molecule has 1 amide bonds. The lowest BCUT2D eigenvalue weighted by molar-refractivity contribution is -0.130. The van der Waals surface area contributed by atoms with Crippen molar-refractivity contribution in [1.29, 1.82) is 0 Å². The van der Waals surface area contributed by atoms with Gasteiger partial charge in [0.25, 0.3) is 0 Å². The maximum absolute atomic E-state index is 12.2. The molecule has 0 spiro atoms. The fourth-order valence-electron chi connectivity index (χ4n) is 2.67. The van der Waals surface area contributed by atoms with Gasteiger partial charge in [-0.2, -0.15) is 0 Å². The van der Waals surface area contributed by atoms with E-state index in [0.717, 1.165) is 34.0 Å². The van der Waals surface area contributed by atoms with E-state index in [9.17, 15) is 4.79 Å². The van der Waals surface area contributed by atoms with Crippen LogP contribution in [-0.4, -0.2) is 23.6 Å². The van der Waals surface area contributed by atoms with Crippen molar-refractivity contribution < 1.29 is 9.53 Å². The van der Waals surface area contributed by atoms with Crippen LogP contribution in [0.3, 0.4) is 0 Å². The van der Waals surface area contributed by atoms with Crippen LogP contribution in [0.2, 0.25) is 0 Å². The second kappa shape index (κ2) is 6.58. The van der Waals surface area contributed by atoms with Crippen LogP contribution in [0.1, 0.15) is 36.4 Å². The smallest absolute Gasteiger partial charge is 0.249 e. The Morgan fingerprint density at radius 1 is 1.41 bits per heavy atom. The van der Waals surface area contributed by atoms with Crippen molar-refractivity contribution >= 4 is 17.2 Å². The summed E-state index contributed by atoms with van der Waals surface area (Å²) in [5, 5.41) is 4.04. The van der Waals surface area contributed by atoms with Gasteiger partial charge >= 0.3 is 0 Å². The minimum atomic E-state index is -0.288. The summed E-state index contributed by atoms with van der Waals surface area (Å²) < 4.78 is 5.43. The molecule has 1 saturated heterocycles. The number of hydrogen-bond donors (Lipinski definition) is 1. The highest BCUT2D eigenvalue weighted by molar-refractivity contribution is 7.15. The molecule has 2 heterocycles. The van der Waals surface area contributed by atoms with Gasteiger partial charge < -0.3 is 10.1 Å². The third-order valence-electron chi connectivity index (χ3n) is 3.83. The van der Waals surface area contributed by atoms with Crippen LogP contribution < -0.4 is 5.32 Å². The topological polar surface area (TPSA) is 51.2 Å². The van der Waals surface area contributed by atoms with Crippen molar-refractivity contribution in [3.8, 4) is 10.6 Å². The normalized spacial score (nSPS) is 19.1. The van der Waals surface area contributed by atoms with E-state index in [1.54, 1.807) is 11.3 Å².